The Labute approximate surface area is 172 Å². The molecule has 0 bridgehead atoms. The van der Waals surface area contributed by atoms with E-state index in [2.05, 4.69) is 5.32 Å². The van der Waals surface area contributed by atoms with Gasteiger partial charge in [-0.25, -0.2) is 0 Å². The van der Waals surface area contributed by atoms with Gasteiger partial charge >= 0.3 is 0 Å². The molecule has 3 rings (SSSR count). The Morgan fingerprint density at radius 3 is 2.21 bits per heavy atom. The molecule has 2 fully saturated rings. The number of anilines is 1. The number of nitrogens with one attached hydrogen (secondary N) is 1. The Morgan fingerprint density at radius 1 is 1.07 bits per heavy atom. The third-order valence-electron chi connectivity index (χ3n) is 5.82. The second-order valence-corrected chi connectivity index (χ2v) is 8.89. The van der Waals surface area contributed by atoms with E-state index in [0.29, 0.717) is 32.5 Å². The molecule has 0 saturated carbocycles. The zero-order valence-electron chi connectivity index (χ0n) is 17.7. The monoisotopic (exact) mass is 401 g/mol. The molecule has 2 aliphatic heterocycles. The van der Waals surface area contributed by atoms with E-state index in [4.69, 9.17) is 4.74 Å². The number of nitrogens with zero attached hydrogens (tertiary/aromatic N) is 2. The van der Waals surface area contributed by atoms with Crippen LogP contribution in [-0.4, -0.2) is 59.8 Å². The van der Waals surface area contributed by atoms with Crippen LogP contribution < -0.4 is 10.1 Å². The Bertz CT molecular complexity index is 761. The van der Waals surface area contributed by atoms with Crippen LogP contribution in [0.1, 0.15) is 40.0 Å². The summed E-state index contributed by atoms with van der Waals surface area (Å²) >= 11 is 0. The zero-order valence-corrected chi connectivity index (χ0v) is 17.7. The highest BCUT2D eigenvalue weighted by Crippen LogP contribution is 2.29. The minimum atomic E-state index is -0.272. The molecule has 0 aliphatic carbocycles. The Kier molecular flexibility index (Phi) is 6.15. The van der Waals surface area contributed by atoms with Gasteiger partial charge in [-0.1, -0.05) is 0 Å². The number of amides is 3. The first-order valence-electron chi connectivity index (χ1n) is 10.2. The van der Waals surface area contributed by atoms with Crippen LogP contribution in [0.5, 0.6) is 5.75 Å². The Balaban J connectivity index is 1.50. The molecule has 1 aromatic carbocycles. The van der Waals surface area contributed by atoms with Crippen LogP contribution in [-0.2, 0) is 14.4 Å². The third-order valence-corrected chi connectivity index (χ3v) is 5.82. The summed E-state index contributed by atoms with van der Waals surface area (Å²) in [6.45, 7) is 7.57. The number of piperidine rings is 1. The normalized spacial score (nSPS) is 20.7. The number of carbonyl (C=O) groups is 3. The van der Waals surface area contributed by atoms with Gasteiger partial charge in [0.25, 0.3) is 0 Å². The topological polar surface area (TPSA) is 79.0 Å². The van der Waals surface area contributed by atoms with Crippen molar-refractivity contribution in [3.8, 4) is 5.75 Å². The second-order valence-electron chi connectivity index (χ2n) is 8.89. The average molecular weight is 402 g/mol. The van der Waals surface area contributed by atoms with E-state index in [1.807, 2.05) is 37.8 Å². The number of rotatable bonds is 4. The SMILES string of the molecule is COc1ccc(NC(=O)C2CCN(C(=O)C3CC(=O)N(C(C)(C)C)C3)CC2)cc1. The fourth-order valence-corrected chi connectivity index (χ4v) is 4.06. The van der Waals surface area contributed by atoms with Crippen molar-refractivity contribution in [2.45, 2.75) is 45.6 Å². The number of benzene rings is 1. The summed E-state index contributed by atoms with van der Waals surface area (Å²) in [5.74, 6) is 0.426. The second kappa shape index (κ2) is 8.43. The van der Waals surface area contributed by atoms with Gasteiger partial charge in [-0.3, -0.25) is 14.4 Å². The van der Waals surface area contributed by atoms with Crippen molar-refractivity contribution in [3.63, 3.8) is 0 Å². The zero-order chi connectivity index (χ0) is 21.2. The Hall–Kier alpha value is -2.57. The number of ether oxygens (including phenoxy) is 1. The van der Waals surface area contributed by atoms with E-state index in [1.165, 1.54) is 0 Å². The first-order valence-corrected chi connectivity index (χ1v) is 10.2. The number of hydrogen-bond donors (Lipinski definition) is 1. The van der Waals surface area contributed by atoms with E-state index in [1.54, 1.807) is 24.1 Å². The van der Waals surface area contributed by atoms with Gasteiger partial charge in [-0.05, 0) is 57.9 Å². The molecular formula is C22H31N3O4. The highest BCUT2D eigenvalue weighted by molar-refractivity contribution is 5.93. The molecule has 2 heterocycles. The van der Waals surface area contributed by atoms with Crippen LogP contribution in [0.25, 0.3) is 0 Å². The number of methoxy groups -OCH3 is 1. The quantitative estimate of drug-likeness (QED) is 0.841. The van der Waals surface area contributed by atoms with Gasteiger partial charge in [0.15, 0.2) is 0 Å². The van der Waals surface area contributed by atoms with Gasteiger partial charge in [0, 0.05) is 43.2 Å². The third kappa shape index (κ3) is 4.89. The maximum atomic E-state index is 12.9. The molecule has 7 nitrogen and oxygen atoms in total. The maximum absolute atomic E-state index is 12.9. The van der Waals surface area contributed by atoms with Crippen molar-refractivity contribution in [2.24, 2.45) is 11.8 Å². The molecule has 29 heavy (non-hydrogen) atoms. The molecular weight excluding hydrogens is 370 g/mol. The van der Waals surface area contributed by atoms with Gasteiger partial charge in [-0.15, -0.1) is 0 Å². The average Bonchev–Trinajstić information content (AvgIpc) is 3.10. The van der Waals surface area contributed by atoms with Gasteiger partial charge in [-0.2, -0.15) is 0 Å². The van der Waals surface area contributed by atoms with Crippen molar-refractivity contribution in [3.05, 3.63) is 24.3 Å². The highest BCUT2D eigenvalue weighted by atomic mass is 16.5. The lowest BCUT2D eigenvalue weighted by Gasteiger charge is -2.34. The summed E-state index contributed by atoms with van der Waals surface area (Å²) in [7, 11) is 1.60. The molecule has 1 N–H and O–H groups in total. The summed E-state index contributed by atoms with van der Waals surface area (Å²) < 4.78 is 5.12. The van der Waals surface area contributed by atoms with Crippen LogP contribution in [0, 0.1) is 11.8 Å². The van der Waals surface area contributed by atoms with Crippen molar-refractivity contribution >= 4 is 23.4 Å². The lowest BCUT2D eigenvalue weighted by molar-refractivity contribution is -0.138. The van der Waals surface area contributed by atoms with Gasteiger partial charge in [0.1, 0.15) is 5.75 Å². The van der Waals surface area contributed by atoms with E-state index in [-0.39, 0.29) is 41.5 Å². The van der Waals surface area contributed by atoms with Gasteiger partial charge in [0.2, 0.25) is 17.7 Å². The summed E-state index contributed by atoms with van der Waals surface area (Å²) in [5, 5.41) is 2.94. The number of carbonyl (C=O) groups excluding carboxylic acids is 3. The molecule has 0 radical (unpaired) electrons. The first kappa shape index (κ1) is 21.1. The predicted octanol–water partition coefficient (Wildman–Crippen LogP) is 2.52. The van der Waals surface area contributed by atoms with Crippen LogP contribution >= 0.6 is 0 Å². The maximum Gasteiger partial charge on any atom is 0.227 e. The van der Waals surface area contributed by atoms with E-state index in [9.17, 15) is 14.4 Å². The van der Waals surface area contributed by atoms with Gasteiger partial charge in [0.05, 0.1) is 13.0 Å². The predicted molar refractivity (Wildman–Crippen MR) is 111 cm³/mol. The Morgan fingerprint density at radius 2 is 1.69 bits per heavy atom. The summed E-state index contributed by atoms with van der Waals surface area (Å²) in [4.78, 5) is 41.3. The molecule has 0 aromatic heterocycles. The molecule has 3 amide bonds. The van der Waals surface area contributed by atoms with E-state index in [0.717, 1.165) is 11.4 Å². The standard InChI is InChI=1S/C22H31N3O4/c1-22(2,3)25-14-16(13-19(25)26)21(28)24-11-9-15(10-12-24)20(27)23-17-5-7-18(29-4)8-6-17/h5-8,15-16H,9-14H2,1-4H3,(H,23,27). The molecule has 2 aliphatic rings. The van der Waals surface area contributed by atoms with Crippen molar-refractivity contribution in [1.82, 2.24) is 9.80 Å². The lowest BCUT2D eigenvalue weighted by atomic mass is 9.94. The fraction of sp³-hybridized carbons (Fsp3) is 0.591. The lowest BCUT2D eigenvalue weighted by Crippen LogP contribution is -2.46. The summed E-state index contributed by atoms with van der Waals surface area (Å²) in [5.41, 5.74) is 0.472. The summed E-state index contributed by atoms with van der Waals surface area (Å²) in [6.07, 6.45) is 1.56. The molecule has 7 heteroatoms. The highest BCUT2D eigenvalue weighted by Gasteiger charge is 2.41. The molecule has 2 saturated heterocycles. The molecule has 1 atom stereocenters. The van der Waals surface area contributed by atoms with Crippen LogP contribution in [0.4, 0.5) is 5.69 Å². The smallest absolute Gasteiger partial charge is 0.227 e. The van der Waals surface area contributed by atoms with E-state index < -0.39 is 0 Å². The van der Waals surface area contributed by atoms with Crippen molar-refractivity contribution in [2.75, 3.05) is 32.1 Å². The number of likely N-dealkylation sites (tertiary alicyclic amines) is 2. The fourth-order valence-electron chi connectivity index (χ4n) is 4.06. The van der Waals surface area contributed by atoms with Crippen LogP contribution in [0.2, 0.25) is 0 Å². The van der Waals surface area contributed by atoms with Gasteiger partial charge < -0.3 is 19.9 Å². The minimum Gasteiger partial charge on any atom is -0.497 e. The van der Waals surface area contributed by atoms with Crippen LogP contribution in [0.3, 0.4) is 0 Å². The minimum absolute atomic E-state index is 0.0165. The molecule has 158 valence electrons. The largest absolute Gasteiger partial charge is 0.497 e. The van der Waals surface area contributed by atoms with Crippen molar-refractivity contribution in [1.29, 1.82) is 0 Å². The first-order chi connectivity index (χ1) is 13.7. The summed E-state index contributed by atoms with van der Waals surface area (Å²) in [6, 6.07) is 7.24. The van der Waals surface area contributed by atoms with Crippen molar-refractivity contribution < 1.29 is 19.1 Å². The molecule has 1 unspecified atom stereocenters. The molecule has 0 spiro atoms. The molecule has 1 aromatic rings. The van der Waals surface area contributed by atoms with Crippen LogP contribution in [0.15, 0.2) is 24.3 Å². The van der Waals surface area contributed by atoms with E-state index >= 15 is 0 Å². The number of hydrogen-bond acceptors (Lipinski definition) is 4.